The highest BCUT2D eigenvalue weighted by Gasteiger charge is 2.31. The third kappa shape index (κ3) is 3.87. The monoisotopic (exact) mass is 433 g/mol. The summed E-state index contributed by atoms with van der Waals surface area (Å²) in [6, 6.07) is 3.39. The number of carbonyl (C=O) groups is 1. The van der Waals surface area contributed by atoms with Gasteiger partial charge in [0.05, 0.1) is 17.9 Å². The van der Waals surface area contributed by atoms with E-state index in [1.54, 1.807) is 13.0 Å². The molecule has 0 saturated heterocycles. The van der Waals surface area contributed by atoms with E-state index >= 15 is 0 Å². The minimum atomic E-state index is -3.19. The summed E-state index contributed by atoms with van der Waals surface area (Å²) in [4.78, 5) is 26.2. The van der Waals surface area contributed by atoms with Crippen LogP contribution in [0.3, 0.4) is 0 Å². The SMILES string of the molecule is CCOC(=O)CCc1c(C)c2ccc3c(c2oc1=O)CN([C@@H]1C=CS(=O)(=O)C1)CO3. The average molecular weight is 433 g/mol. The summed E-state index contributed by atoms with van der Waals surface area (Å²) in [5.41, 5.74) is 1.87. The fraction of sp³-hybridized carbons (Fsp3) is 0.429. The molecular weight excluding hydrogens is 410 g/mol. The van der Waals surface area contributed by atoms with Crippen molar-refractivity contribution in [3.05, 3.63) is 50.7 Å². The van der Waals surface area contributed by atoms with Crippen LogP contribution in [0.1, 0.15) is 30.0 Å². The second kappa shape index (κ2) is 7.88. The summed E-state index contributed by atoms with van der Waals surface area (Å²) in [5.74, 6) is 0.271. The van der Waals surface area contributed by atoms with Crippen LogP contribution >= 0.6 is 0 Å². The number of aryl methyl sites for hydroxylation is 1. The normalized spacial score (nSPS) is 20.1. The van der Waals surface area contributed by atoms with Crippen molar-refractivity contribution in [3.63, 3.8) is 0 Å². The molecule has 3 heterocycles. The lowest BCUT2D eigenvalue weighted by molar-refractivity contribution is -0.143. The van der Waals surface area contributed by atoms with Crippen molar-refractivity contribution in [1.29, 1.82) is 0 Å². The van der Waals surface area contributed by atoms with Gasteiger partial charge >= 0.3 is 11.6 Å². The molecule has 0 radical (unpaired) electrons. The lowest BCUT2D eigenvalue weighted by atomic mass is 9.99. The van der Waals surface area contributed by atoms with Crippen LogP contribution in [-0.4, -0.2) is 44.4 Å². The number of esters is 1. The highest BCUT2D eigenvalue weighted by atomic mass is 32.2. The van der Waals surface area contributed by atoms with Crippen molar-refractivity contribution in [2.24, 2.45) is 0 Å². The van der Waals surface area contributed by atoms with Crippen molar-refractivity contribution in [3.8, 4) is 5.75 Å². The molecule has 9 heteroatoms. The van der Waals surface area contributed by atoms with Gasteiger partial charge in [0.2, 0.25) is 0 Å². The zero-order valence-electron chi connectivity index (χ0n) is 16.8. The van der Waals surface area contributed by atoms with Gasteiger partial charge < -0.3 is 13.9 Å². The lowest BCUT2D eigenvalue weighted by Crippen LogP contribution is -2.41. The average Bonchev–Trinajstić information content (AvgIpc) is 3.07. The molecule has 4 rings (SSSR count). The number of rotatable bonds is 5. The lowest BCUT2D eigenvalue weighted by Gasteiger charge is -2.32. The predicted molar refractivity (Wildman–Crippen MR) is 110 cm³/mol. The van der Waals surface area contributed by atoms with Crippen molar-refractivity contribution in [2.45, 2.75) is 39.3 Å². The molecule has 0 amide bonds. The molecular formula is C21H23NO7S. The first kappa shape index (κ1) is 20.6. The smallest absolute Gasteiger partial charge is 0.339 e. The van der Waals surface area contributed by atoms with E-state index in [9.17, 15) is 18.0 Å². The van der Waals surface area contributed by atoms with Crippen LogP contribution in [-0.2, 0) is 32.3 Å². The number of hydrogen-bond acceptors (Lipinski definition) is 8. The molecule has 8 nitrogen and oxygen atoms in total. The molecule has 2 aliphatic rings. The van der Waals surface area contributed by atoms with E-state index < -0.39 is 15.5 Å². The number of hydrogen-bond donors (Lipinski definition) is 0. The van der Waals surface area contributed by atoms with Crippen LogP contribution in [0.25, 0.3) is 11.0 Å². The van der Waals surface area contributed by atoms with Crippen LogP contribution in [0, 0.1) is 6.92 Å². The Morgan fingerprint density at radius 2 is 2.13 bits per heavy atom. The van der Waals surface area contributed by atoms with E-state index in [1.807, 2.05) is 24.0 Å². The summed E-state index contributed by atoms with van der Waals surface area (Å²) in [6.45, 7) is 4.52. The van der Waals surface area contributed by atoms with E-state index in [4.69, 9.17) is 13.9 Å². The molecule has 0 aliphatic carbocycles. The topological polar surface area (TPSA) is 103 Å². The number of carbonyl (C=O) groups excluding carboxylic acids is 1. The summed E-state index contributed by atoms with van der Waals surface area (Å²) < 4.78 is 40.0. The van der Waals surface area contributed by atoms with Gasteiger partial charge in [0.1, 0.15) is 18.1 Å². The van der Waals surface area contributed by atoms with Gasteiger partial charge in [-0.2, -0.15) is 0 Å². The quantitative estimate of drug-likeness (QED) is 0.521. The summed E-state index contributed by atoms with van der Waals surface area (Å²) >= 11 is 0. The number of nitrogens with zero attached hydrogens (tertiary/aromatic N) is 1. The van der Waals surface area contributed by atoms with Crippen LogP contribution < -0.4 is 10.4 Å². The van der Waals surface area contributed by atoms with Gasteiger partial charge in [-0.3, -0.25) is 9.69 Å². The predicted octanol–water partition coefficient (Wildman–Crippen LogP) is 2.06. The molecule has 0 saturated carbocycles. The number of ether oxygens (including phenoxy) is 2. The molecule has 1 atom stereocenters. The van der Waals surface area contributed by atoms with Gasteiger partial charge in [0, 0.05) is 35.4 Å². The molecule has 0 fully saturated rings. The second-order valence-electron chi connectivity index (χ2n) is 7.46. The van der Waals surface area contributed by atoms with Gasteiger partial charge in [0.15, 0.2) is 9.84 Å². The maximum absolute atomic E-state index is 12.7. The Bertz CT molecular complexity index is 1200. The molecule has 2 aliphatic heterocycles. The minimum Gasteiger partial charge on any atom is -0.478 e. The highest BCUT2D eigenvalue weighted by Crippen LogP contribution is 2.35. The Balaban J connectivity index is 1.67. The van der Waals surface area contributed by atoms with Gasteiger partial charge in [-0.15, -0.1) is 0 Å². The van der Waals surface area contributed by atoms with Crippen molar-refractivity contribution in [2.75, 3.05) is 19.1 Å². The van der Waals surface area contributed by atoms with Gasteiger partial charge in [-0.25, -0.2) is 13.2 Å². The van der Waals surface area contributed by atoms with Gasteiger partial charge in [-0.1, -0.05) is 6.08 Å². The van der Waals surface area contributed by atoms with Crippen LogP contribution in [0.15, 0.2) is 32.8 Å². The Kier molecular flexibility index (Phi) is 5.42. The Labute approximate surface area is 174 Å². The van der Waals surface area contributed by atoms with Crippen LogP contribution in [0.5, 0.6) is 5.75 Å². The molecule has 2 aromatic rings. The Morgan fingerprint density at radius 3 is 2.83 bits per heavy atom. The maximum Gasteiger partial charge on any atom is 0.339 e. The fourth-order valence-electron chi connectivity index (χ4n) is 3.93. The maximum atomic E-state index is 12.7. The molecule has 0 unspecified atom stereocenters. The first-order valence-electron chi connectivity index (χ1n) is 9.80. The van der Waals surface area contributed by atoms with E-state index in [0.29, 0.717) is 35.6 Å². The standard InChI is InChI=1S/C21H23NO7S/c1-3-27-19(23)7-5-16-13(2)15-4-6-18-17(20(15)29-21(16)24)10-22(12-28-18)14-8-9-30(25,26)11-14/h4,6,8-9,14H,3,5,7,10-12H2,1-2H3/t14-/m1/s1. The second-order valence-corrected chi connectivity index (χ2v) is 9.39. The highest BCUT2D eigenvalue weighted by molar-refractivity contribution is 7.94. The number of benzene rings is 1. The first-order valence-corrected chi connectivity index (χ1v) is 11.5. The van der Waals surface area contributed by atoms with E-state index in [0.717, 1.165) is 10.9 Å². The van der Waals surface area contributed by atoms with Crippen LogP contribution in [0.4, 0.5) is 0 Å². The van der Waals surface area contributed by atoms with Crippen molar-refractivity contribution in [1.82, 2.24) is 4.90 Å². The fourth-order valence-corrected chi connectivity index (χ4v) is 5.26. The van der Waals surface area contributed by atoms with Gasteiger partial charge in [-0.05, 0) is 38.0 Å². The van der Waals surface area contributed by atoms with Gasteiger partial charge in [0.25, 0.3) is 0 Å². The number of fused-ring (bicyclic) bond motifs is 3. The third-order valence-corrected chi connectivity index (χ3v) is 6.90. The van der Waals surface area contributed by atoms with E-state index in [-0.39, 0.29) is 37.3 Å². The molecule has 0 bridgehead atoms. The third-order valence-electron chi connectivity index (χ3n) is 5.53. The Hall–Kier alpha value is -2.65. The molecule has 0 spiro atoms. The largest absolute Gasteiger partial charge is 0.478 e. The number of sulfone groups is 1. The Morgan fingerprint density at radius 1 is 1.33 bits per heavy atom. The molecule has 1 aromatic carbocycles. The molecule has 1 aromatic heterocycles. The summed E-state index contributed by atoms with van der Waals surface area (Å²) in [7, 11) is -3.19. The van der Waals surface area contributed by atoms with E-state index in [2.05, 4.69) is 0 Å². The first-order chi connectivity index (χ1) is 14.3. The summed E-state index contributed by atoms with van der Waals surface area (Å²) in [6.07, 6.45) is 2.01. The molecule has 30 heavy (non-hydrogen) atoms. The minimum absolute atomic E-state index is 0.0114. The summed E-state index contributed by atoms with van der Waals surface area (Å²) in [5, 5.41) is 2.00. The van der Waals surface area contributed by atoms with Crippen molar-refractivity contribution >= 4 is 26.8 Å². The zero-order chi connectivity index (χ0) is 21.5. The molecule has 160 valence electrons. The van der Waals surface area contributed by atoms with Crippen LogP contribution in [0.2, 0.25) is 0 Å². The van der Waals surface area contributed by atoms with Crippen molar-refractivity contribution < 1.29 is 27.1 Å². The zero-order valence-corrected chi connectivity index (χ0v) is 17.7. The molecule has 0 N–H and O–H groups in total. The van der Waals surface area contributed by atoms with E-state index in [1.165, 1.54) is 5.41 Å².